The van der Waals surface area contributed by atoms with Crippen molar-refractivity contribution in [1.29, 1.82) is 0 Å². The van der Waals surface area contributed by atoms with Crippen molar-refractivity contribution < 1.29 is 0 Å². The normalized spacial score (nSPS) is 18.8. The van der Waals surface area contributed by atoms with E-state index >= 15 is 0 Å². The van der Waals surface area contributed by atoms with E-state index in [9.17, 15) is 0 Å². The largest absolute Gasteiger partial charge is 0.311 e. The second-order valence-corrected chi connectivity index (χ2v) is 6.45. The molecule has 1 saturated carbocycles. The number of hydrogen-bond acceptors (Lipinski definition) is 2. The first-order valence-electron chi connectivity index (χ1n) is 6.61. The first-order chi connectivity index (χ1) is 8.74. The summed E-state index contributed by atoms with van der Waals surface area (Å²) in [7, 11) is 0. The number of nitrogens with one attached hydrogen (secondary N) is 1. The number of alkyl halides is 1. The molecule has 0 aliphatic heterocycles. The molecule has 1 heterocycles. The molecule has 2 nitrogen and oxygen atoms in total. The first-order valence-corrected chi connectivity index (χ1v) is 7.94. The quantitative estimate of drug-likeness (QED) is 0.821. The maximum Gasteiger partial charge on any atom is 0.0542 e. The zero-order valence-electron chi connectivity index (χ0n) is 10.6. The van der Waals surface area contributed by atoms with Gasteiger partial charge in [0.1, 0.15) is 0 Å². The van der Waals surface area contributed by atoms with E-state index in [0.29, 0.717) is 5.41 Å². The summed E-state index contributed by atoms with van der Waals surface area (Å²) < 4.78 is 1.02. The third kappa shape index (κ3) is 3.94. The van der Waals surface area contributed by atoms with E-state index in [4.69, 9.17) is 11.6 Å². The van der Waals surface area contributed by atoms with Gasteiger partial charge in [-0.05, 0) is 46.3 Å². The lowest BCUT2D eigenvalue weighted by molar-refractivity contribution is 0.212. The molecule has 0 spiro atoms. The summed E-state index contributed by atoms with van der Waals surface area (Å²) in [4.78, 5) is 4.37. The van der Waals surface area contributed by atoms with Crippen LogP contribution in [-0.2, 0) is 6.54 Å². The van der Waals surface area contributed by atoms with Gasteiger partial charge in [-0.3, -0.25) is 4.98 Å². The monoisotopic (exact) mass is 330 g/mol. The molecule has 1 aromatic rings. The van der Waals surface area contributed by atoms with Gasteiger partial charge in [0.25, 0.3) is 0 Å². The Morgan fingerprint density at radius 2 is 2.06 bits per heavy atom. The highest BCUT2D eigenvalue weighted by molar-refractivity contribution is 9.10. The van der Waals surface area contributed by atoms with E-state index in [1.807, 2.05) is 18.3 Å². The minimum absolute atomic E-state index is 0.315. The molecule has 1 aromatic heterocycles. The minimum Gasteiger partial charge on any atom is -0.311 e. The number of halogens is 2. The summed E-state index contributed by atoms with van der Waals surface area (Å²) in [6.07, 6.45) is 8.38. The number of rotatable bonds is 5. The summed E-state index contributed by atoms with van der Waals surface area (Å²) >= 11 is 9.57. The van der Waals surface area contributed by atoms with Gasteiger partial charge in [-0.2, -0.15) is 0 Å². The van der Waals surface area contributed by atoms with Crippen molar-refractivity contribution in [3.63, 3.8) is 0 Å². The zero-order chi connectivity index (χ0) is 12.8. The Morgan fingerprint density at radius 1 is 1.28 bits per heavy atom. The van der Waals surface area contributed by atoms with Crippen molar-refractivity contribution in [1.82, 2.24) is 10.3 Å². The van der Waals surface area contributed by atoms with Gasteiger partial charge in [-0.1, -0.05) is 19.3 Å². The molecule has 0 aromatic carbocycles. The van der Waals surface area contributed by atoms with Crippen LogP contribution in [0.25, 0.3) is 0 Å². The van der Waals surface area contributed by atoms with Gasteiger partial charge >= 0.3 is 0 Å². The summed E-state index contributed by atoms with van der Waals surface area (Å²) in [5.74, 6) is 0.772. The van der Waals surface area contributed by atoms with Crippen LogP contribution >= 0.6 is 27.5 Å². The Bertz CT molecular complexity index is 361. The van der Waals surface area contributed by atoms with Gasteiger partial charge in [0, 0.05) is 29.6 Å². The van der Waals surface area contributed by atoms with Crippen LogP contribution in [0.2, 0.25) is 0 Å². The molecule has 1 N–H and O–H groups in total. The molecule has 0 amide bonds. The molecule has 100 valence electrons. The van der Waals surface area contributed by atoms with E-state index in [0.717, 1.165) is 29.1 Å². The molecule has 0 unspecified atom stereocenters. The lowest BCUT2D eigenvalue weighted by Gasteiger charge is -2.35. The van der Waals surface area contributed by atoms with Crippen molar-refractivity contribution in [3.8, 4) is 0 Å². The highest BCUT2D eigenvalue weighted by atomic mass is 79.9. The zero-order valence-corrected chi connectivity index (χ0v) is 12.9. The fourth-order valence-electron chi connectivity index (χ4n) is 2.63. The SMILES string of the molecule is ClCC1(CNCc2ccc(Br)cn2)CCCCC1. The van der Waals surface area contributed by atoms with Gasteiger partial charge in [0.15, 0.2) is 0 Å². The Balaban J connectivity index is 1.81. The van der Waals surface area contributed by atoms with E-state index in [1.54, 1.807) is 0 Å². The summed E-state index contributed by atoms with van der Waals surface area (Å²) in [6, 6.07) is 4.08. The van der Waals surface area contributed by atoms with Gasteiger partial charge in [0.2, 0.25) is 0 Å². The van der Waals surface area contributed by atoms with Gasteiger partial charge in [-0.25, -0.2) is 0 Å². The fourth-order valence-corrected chi connectivity index (χ4v) is 3.22. The Kier molecular flexibility index (Phi) is 5.46. The molecular weight excluding hydrogens is 312 g/mol. The standard InChI is InChI=1S/C14H20BrClN2/c15-12-4-5-13(18-8-12)9-17-11-14(10-16)6-2-1-3-7-14/h4-5,8,17H,1-3,6-7,9-11H2. The molecule has 1 fully saturated rings. The van der Waals surface area contributed by atoms with Crippen LogP contribution in [0, 0.1) is 5.41 Å². The highest BCUT2D eigenvalue weighted by Gasteiger charge is 2.30. The highest BCUT2D eigenvalue weighted by Crippen LogP contribution is 2.36. The Hall–Kier alpha value is -0.120. The van der Waals surface area contributed by atoms with Crippen molar-refractivity contribution in [3.05, 3.63) is 28.5 Å². The number of hydrogen-bond donors (Lipinski definition) is 1. The third-order valence-electron chi connectivity index (χ3n) is 3.79. The maximum atomic E-state index is 6.18. The van der Waals surface area contributed by atoms with Crippen LogP contribution in [0.1, 0.15) is 37.8 Å². The third-order valence-corrected chi connectivity index (χ3v) is 4.83. The van der Waals surface area contributed by atoms with Crippen LogP contribution in [0.4, 0.5) is 0 Å². The molecule has 0 atom stereocenters. The maximum absolute atomic E-state index is 6.18. The van der Waals surface area contributed by atoms with E-state index in [1.165, 1.54) is 32.1 Å². The average molecular weight is 332 g/mol. The second-order valence-electron chi connectivity index (χ2n) is 5.27. The summed E-state index contributed by atoms with van der Waals surface area (Å²) in [5.41, 5.74) is 1.40. The van der Waals surface area contributed by atoms with Crippen molar-refractivity contribution in [2.24, 2.45) is 5.41 Å². The molecule has 2 rings (SSSR count). The lowest BCUT2D eigenvalue weighted by atomic mass is 9.75. The number of nitrogens with zero attached hydrogens (tertiary/aromatic N) is 1. The smallest absolute Gasteiger partial charge is 0.0542 e. The van der Waals surface area contributed by atoms with Crippen molar-refractivity contribution in [2.45, 2.75) is 38.6 Å². The predicted molar refractivity (Wildman–Crippen MR) is 79.9 cm³/mol. The van der Waals surface area contributed by atoms with Crippen molar-refractivity contribution in [2.75, 3.05) is 12.4 Å². The number of aromatic nitrogens is 1. The molecule has 1 aliphatic rings. The van der Waals surface area contributed by atoms with Crippen LogP contribution in [0.3, 0.4) is 0 Å². The summed E-state index contributed by atoms with van der Waals surface area (Å²) in [6.45, 7) is 1.83. The topological polar surface area (TPSA) is 24.9 Å². The Labute approximate surface area is 123 Å². The average Bonchev–Trinajstić information content (AvgIpc) is 2.42. The van der Waals surface area contributed by atoms with Gasteiger partial charge < -0.3 is 5.32 Å². The fraction of sp³-hybridized carbons (Fsp3) is 0.643. The minimum atomic E-state index is 0.315. The van der Waals surface area contributed by atoms with Crippen LogP contribution < -0.4 is 5.32 Å². The van der Waals surface area contributed by atoms with Gasteiger partial charge in [0.05, 0.1) is 5.69 Å². The predicted octanol–water partition coefficient (Wildman–Crippen LogP) is 4.12. The molecule has 4 heteroatoms. The van der Waals surface area contributed by atoms with Crippen LogP contribution in [-0.4, -0.2) is 17.4 Å². The lowest BCUT2D eigenvalue weighted by Crippen LogP contribution is -2.37. The molecule has 1 aliphatic carbocycles. The number of pyridine rings is 1. The van der Waals surface area contributed by atoms with Crippen LogP contribution in [0.5, 0.6) is 0 Å². The second kappa shape index (κ2) is 6.88. The van der Waals surface area contributed by atoms with Crippen LogP contribution in [0.15, 0.2) is 22.8 Å². The Morgan fingerprint density at radius 3 is 2.67 bits per heavy atom. The molecule has 0 saturated heterocycles. The van der Waals surface area contributed by atoms with E-state index in [2.05, 4.69) is 26.2 Å². The van der Waals surface area contributed by atoms with Crippen molar-refractivity contribution >= 4 is 27.5 Å². The van der Waals surface area contributed by atoms with E-state index < -0.39 is 0 Å². The van der Waals surface area contributed by atoms with Gasteiger partial charge in [-0.15, -0.1) is 11.6 Å². The van der Waals surface area contributed by atoms with E-state index in [-0.39, 0.29) is 0 Å². The molecule has 0 radical (unpaired) electrons. The molecule has 0 bridgehead atoms. The molecular formula is C14H20BrClN2. The molecule has 18 heavy (non-hydrogen) atoms. The first kappa shape index (κ1) is 14.3. The summed E-state index contributed by atoms with van der Waals surface area (Å²) in [5, 5.41) is 3.52.